The van der Waals surface area contributed by atoms with E-state index in [4.69, 9.17) is 4.74 Å². The van der Waals surface area contributed by atoms with Crippen molar-refractivity contribution in [3.8, 4) is 0 Å². The van der Waals surface area contributed by atoms with Crippen molar-refractivity contribution >= 4 is 5.91 Å². The fourth-order valence-electron chi connectivity index (χ4n) is 2.20. The van der Waals surface area contributed by atoms with Crippen molar-refractivity contribution in [3.63, 3.8) is 0 Å². The monoisotopic (exact) mass is 228 g/mol. The van der Waals surface area contributed by atoms with Crippen LogP contribution in [0.15, 0.2) is 0 Å². The zero-order chi connectivity index (χ0) is 12.0. The Morgan fingerprint density at radius 2 is 2.38 bits per heavy atom. The summed E-state index contributed by atoms with van der Waals surface area (Å²) in [7, 11) is 1.54. The van der Waals surface area contributed by atoms with Crippen LogP contribution < -0.4 is 5.32 Å². The lowest BCUT2D eigenvalue weighted by Crippen LogP contribution is -2.46. The first kappa shape index (κ1) is 13.5. The number of hydrogen-bond acceptors (Lipinski definition) is 3. The summed E-state index contributed by atoms with van der Waals surface area (Å²) in [6.07, 6.45) is 2.61. The lowest BCUT2D eigenvalue weighted by Gasteiger charge is -2.35. The highest BCUT2D eigenvalue weighted by atomic mass is 16.5. The first-order valence-electron chi connectivity index (χ1n) is 6.13. The molecule has 16 heavy (non-hydrogen) atoms. The second kappa shape index (κ2) is 6.86. The molecule has 1 aliphatic rings. The van der Waals surface area contributed by atoms with Gasteiger partial charge in [0.1, 0.15) is 6.61 Å². The van der Waals surface area contributed by atoms with E-state index in [1.807, 2.05) is 0 Å². The average molecular weight is 228 g/mol. The molecule has 0 aromatic heterocycles. The van der Waals surface area contributed by atoms with E-state index in [1.54, 1.807) is 0 Å². The number of methoxy groups -OCH3 is 1. The summed E-state index contributed by atoms with van der Waals surface area (Å²) in [5, 5.41) is 2.89. The molecule has 1 N–H and O–H groups in total. The van der Waals surface area contributed by atoms with Crippen molar-refractivity contribution < 1.29 is 9.53 Å². The predicted octanol–water partition coefficient (Wildman–Crippen LogP) is 0.869. The van der Waals surface area contributed by atoms with Gasteiger partial charge in [0, 0.05) is 26.2 Å². The Morgan fingerprint density at radius 3 is 3.00 bits per heavy atom. The minimum absolute atomic E-state index is 0.0283. The second-order valence-corrected chi connectivity index (χ2v) is 4.83. The fraction of sp³-hybridized carbons (Fsp3) is 0.917. The third kappa shape index (κ3) is 4.49. The largest absolute Gasteiger partial charge is 0.375 e. The highest BCUT2D eigenvalue weighted by Crippen LogP contribution is 2.17. The molecule has 94 valence electrons. The smallest absolute Gasteiger partial charge is 0.246 e. The van der Waals surface area contributed by atoms with Gasteiger partial charge in [-0.3, -0.25) is 9.69 Å². The molecule has 2 unspecified atom stereocenters. The first-order chi connectivity index (χ1) is 7.63. The average Bonchev–Trinajstić information content (AvgIpc) is 2.26. The number of amides is 1. The van der Waals surface area contributed by atoms with E-state index in [0.29, 0.717) is 6.04 Å². The molecular weight excluding hydrogens is 204 g/mol. The molecule has 0 bridgehead atoms. The van der Waals surface area contributed by atoms with Gasteiger partial charge < -0.3 is 10.1 Å². The number of carbonyl (C=O) groups is 1. The number of hydrogen-bond donors (Lipinski definition) is 1. The van der Waals surface area contributed by atoms with Gasteiger partial charge in [0.2, 0.25) is 5.91 Å². The van der Waals surface area contributed by atoms with Crippen LogP contribution in [0, 0.1) is 5.92 Å². The molecule has 4 nitrogen and oxygen atoms in total. The fourth-order valence-corrected chi connectivity index (χ4v) is 2.20. The topological polar surface area (TPSA) is 41.6 Å². The van der Waals surface area contributed by atoms with Gasteiger partial charge in [0.05, 0.1) is 0 Å². The van der Waals surface area contributed by atoms with Crippen molar-refractivity contribution in [1.82, 2.24) is 10.2 Å². The molecule has 1 saturated heterocycles. The predicted molar refractivity (Wildman–Crippen MR) is 64.3 cm³/mol. The van der Waals surface area contributed by atoms with Crippen LogP contribution in [0.5, 0.6) is 0 Å². The zero-order valence-electron chi connectivity index (χ0n) is 10.7. The van der Waals surface area contributed by atoms with Crippen LogP contribution in [0.3, 0.4) is 0 Å². The van der Waals surface area contributed by atoms with Gasteiger partial charge in [-0.2, -0.15) is 0 Å². The van der Waals surface area contributed by atoms with E-state index >= 15 is 0 Å². The number of likely N-dealkylation sites (tertiary alicyclic amines) is 1. The minimum Gasteiger partial charge on any atom is -0.375 e. The Labute approximate surface area is 98.3 Å². The SMILES string of the molecule is COCC(=O)NCC(C)N1CCCC(C)C1. The summed E-state index contributed by atoms with van der Waals surface area (Å²) >= 11 is 0. The zero-order valence-corrected chi connectivity index (χ0v) is 10.7. The van der Waals surface area contributed by atoms with E-state index in [1.165, 1.54) is 20.0 Å². The molecule has 4 heteroatoms. The molecule has 1 heterocycles. The van der Waals surface area contributed by atoms with Crippen molar-refractivity contribution in [1.29, 1.82) is 0 Å². The molecule has 1 fully saturated rings. The summed E-state index contributed by atoms with van der Waals surface area (Å²) in [6, 6.07) is 0.420. The number of nitrogens with zero attached hydrogens (tertiary/aromatic N) is 1. The van der Waals surface area contributed by atoms with E-state index in [-0.39, 0.29) is 12.5 Å². The van der Waals surface area contributed by atoms with E-state index < -0.39 is 0 Å². The van der Waals surface area contributed by atoms with Gasteiger partial charge in [0.15, 0.2) is 0 Å². The van der Waals surface area contributed by atoms with Crippen LogP contribution in [-0.4, -0.2) is 50.2 Å². The molecule has 1 amide bonds. The summed E-state index contributed by atoms with van der Waals surface area (Å²) < 4.78 is 4.77. The molecule has 0 radical (unpaired) electrons. The molecule has 0 saturated carbocycles. The third-order valence-corrected chi connectivity index (χ3v) is 3.18. The molecule has 1 rings (SSSR count). The number of nitrogens with one attached hydrogen (secondary N) is 1. The summed E-state index contributed by atoms with van der Waals surface area (Å²) in [5.41, 5.74) is 0. The summed E-state index contributed by atoms with van der Waals surface area (Å²) in [5.74, 6) is 0.755. The number of rotatable bonds is 5. The lowest BCUT2D eigenvalue weighted by atomic mass is 9.99. The van der Waals surface area contributed by atoms with Crippen molar-refractivity contribution in [2.75, 3.05) is 33.4 Å². The maximum Gasteiger partial charge on any atom is 0.246 e. The Kier molecular flexibility index (Phi) is 5.77. The Morgan fingerprint density at radius 1 is 1.62 bits per heavy atom. The van der Waals surface area contributed by atoms with E-state index in [2.05, 4.69) is 24.1 Å². The molecule has 2 atom stereocenters. The maximum atomic E-state index is 11.2. The molecule has 0 spiro atoms. The molecule has 1 aliphatic heterocycles. The standard InChI is InChI=1S/C12H24N2O2/c1-10-5-4-6-14(8-10)11(2)7-13-12(15)9-16-3/h10-11H,4-9H2,1-3H3,(H,13,15). The van der Waals surface area contributed by atoms with E-state index in [9.17, 15) is 4.79 Å². The van der Waals surface area contributed by atoms with Crippen molar-refractivity contribution in [2.24, 2.45) is 5.92 Å². The third-order valence-electron chi connectivity index (χ3n) is 3.18. The number of ether oxygens (including phenoxy) is 1. The highest BCUT2D eigenvalue weighted by Gasteiger charge is 2.20. The number of piperidine rings is 1. The van der Waals surface area contributed by atoms with Crippen LogP contribution in [0.25, 0.3) is 0 Å². The van der Waals surface area contributed by atoms with E-state index in [0.717, 1.165) is 25.6 Å². The normalized spacial score (nSPS) is 24.1. The Hall–Kier alpha value is -0.610. The van der Waals surface area contributed by atoms with Gasteiger partial charge in [-0.1, -0.05) is 6.92 Å². The lowest BCUT2D eigenvalue weighted by molar-refractivity contribution is -0.125. The van der Waals surface area contributed by atoms with Crippen molar-refractivity contribution in [2.45, 2.75) is 32.7 Å². The quantitative estimate of drug-likeness (QED) is 0.759. The first-order valence-corrected chi connectivity index (χ1v) is 6.13. The maximum absolute atomic E-state index is 11.2. The van der Waals surface area contributed by atoms with Gasteiger partial charge >= 0.3 is 0 Å². The van der Waals surface area contributed by atoms with Gasteiger partial charge in [-0.15, -0.1) is 0 Å². The van der Waals surface area contributed by atoms with Crippen LogP contribution in [-0.2, 0) is 9.53 Å². The molecule has 0 aromatic carbocycles. The Balaban J connectivity index is 2.23. The van der Waals surface area contributed by atoms with Gasteiger partial charge in [0.25, 0.3) is 0 Å². The van der Waals surface area contributed by atoms with Crippen LogP contribution in [0.2, 0.25) is 0 Å². The molecule has 0 aliphatic carbocycles. The highest BCUT2D eigenvalue weighted by molar-refractivity contribution is 5.77. The molecular formula is C12H24N2O2. The second-order valence-electron chi connectivity index (χ2n) is 4.83. The van der Waals surface area contributed by atoms with Crippen molar-refractivity contribution in [3.05, 3.63) is 0 Å². The Bertz CT molecular complexity index is 221. The van der Waals surface area contributed by atoms with Gasteiger partial charge in [-0.05, 0) is 32.2 Å². The van der Waals surface area contributed by atoms with Crippen LogP contribution in [0.1, 0.15) is 26.7 Å². The number of carbonyl (C=O) groups excluding carboxylic acids is 1. The van der Waals surface area contributed by atoms with Crippen LogP contribution in [0.4, 0.5) is 0 Å². The summed E-state index contributed by atoms with van der Waals surface area (Å²) in [6.45, 7) is 7.65. The molecule has 0 aromatic rings. The van der Waals surface area contributed by atoms with Gasteiger partial charge in [-0.25, -0.2) is 0 Å². The minimum atomic E-state index is -0.0283. The van der Waals surface area contributed by atoms with Crippen LogP contribution >= 0.6 is 0 Å². The summed E-state index contributed by atoms with van der Waals surface area (Å²) in [4.78, 5) is 13.7.